The van der Waals surface area contributed by atoms with Crippen molar-refractivity contribution in [3.63, 3.8) is 0 Å². The van der Waals surface area contributed by atoms with Crippen LogP contribution in [0.15, 0.2) is 28.8 Å². The summed E-state index contributed by atoms with van der Waals surface area (Å²) in [6.45, 7) is 8.71. The molecule has 0 unspecified atom stereocenters. The molecule has 3 aliphatic rings. The summed E-state index contributed by atoms with van der Waals surface area (Å²) in [5.74, 6) is 2.06. The van der Waals surface area contributed by atoms with Gasteiger partial charge in [-0.3, -0.25) is 9.80 Å². The van der Waals surface area contributed by atoms with Crippen LogP contribution in [-0.4, -0.2) is 65.4 Å². The Balaban J connectivity index is 1.37. The second-order valence-corrected chi connectivity index (χ2v) is 9.01. The van der Waals surface area contributed by atoms with E-state index in [0.29, 0.717) is 12.0 Å². The third kappa shape index (κ3) is 3.36. The minimum absolute atomic E-state index is 0.0635. The Kier molecular flexibility index (Phi) is 4.91. The first-order chi connectivity index (χ1) is 13.6. The van der Waals surface area contributed by atoms with Gasteiger partial charge in [0.2, 0.25) is 5.89 Å². The Labute approximate surface area is 170 Å². The van der Waals surface area contributed by atoms with Crippen LogP contribution in [0.3, 0.4) is 0 Å². The van der Waals surface area contributed by atoms with Gasteiger partial charge in [0.15, 0.2) is 5.82 Å². The monoisotopic (exact) mass is 402 g/mol. The van der Waals surface area contributed by atoms with E-state index >= 15 is 0 Å². The van der Waals surface area contributed by atoms with Crippen LogP contribution >= 0.6 is 11.6 Å². The van der Waals surface area contributed by atoms with Gasteiger partial charge in [-0.25, -0.2) is 0 Å². The molecule has 6 nitrogen and oxygen atoms in total. The summed E-state index contributed by atoms with van der Waals surface area (Å²) in [5.41, 5.74) is 1.23. The summed E-state index contributed by atoms with van der Waals surface area (Å²) >= 11 is 6.04. The molecule has 2 aromatic rings. The van der Waals surface area contributed by atoms with Crippen LogP contribution in [0.1, 0.15) is 30.1 Å². The molecule has 2 atom stereocenters. The van der Waals surface area contributed by atoms with E-state index < -0.39 is 0 Å². The van der Waals surface area contributed by atoms with Gasteiger partial charge in [-0.05, 0) is 37.5 Å². The van der Waals surface area contributed by atoms with Crippen LogP contribution in [0.5, 0.6) is 0 Å². The molecule has 0 saturated carbocycles. The van der Waals surface area contributed by atoms with Crippen molar-refractivity contribution in [1.82, 2.24) is 19.9 Å². The van der Waals surface area contributed by atoms with Crippen LogP contribution in [0.2, 0.25) is 5.02 Å². The number of ether oxygens (including phenoxy) is 1. The van der Waals surface area contributed by atoms with Crippen molar-refractivity contribution in [1.29, 1.82) is 0 Å². The van der Waals surface area contributed by atoms with Crippen molar-refractivity contribution in [2.75, 3.05) is 39.4 Å². The lowest BCUT2D eigenvalue weighted by Gasteiger charge is -2.33. The predicted octanol–water partition coefficient (Wildman–Crippen LogP) is 2.90. The Morgan fingerprint density at radius 3 is 2.64 bits per heavy atom. The lowest BCUT2D eigenvalue weighted by atomic mass is 9.81. The third-order valence-electron chi connectivity index (χ3n) is 6.69. The number of aromatic nitrogens is 2. The molecule has 28 heavy (non-hydrogen) atoms. The number of rotatable bonds is 4. The molecule has 1 aromatic carbocycles. The number of benzene rings is 1. The van der Waals surface area contributed by atoms with E-state index in [2.05, 4.69) is 32.1 Å². The summed E-state index contributed by atoms with van der Waals surface area (Å²) in [6, 6.07) is 8.79. The van der Waals surface area contributed by atoms with E-state index in [1.54, 1.807) is 0 Å². The molecular weight excluding hydrogens is 376 g/mol. The molecule has 3 aliphatic heterocycles. The van der Waals surface area contributed by atoms with Gasteiger partial charge in [-0.2, -0.15) is 4.98 Å². The molecule has 7 heteroatoms. The summed E-state index contributed by atoms with van der Waals surface area (Å²) in [6.07, 6.45) is 2.25. The fourth-order valence-corrected chi connectivity index (χ4v) is 5.43. The van der Waals surface area contributed by atoms with E-state index in [1.807, 2.05) is 19.1 Å². The maximum absolute atomic E-state index is 6.04. The molecular formula is C21H27ClN4O2. The van der Waals surface area contributed by atoms with E-state index in [-0.39, 0.29) is 5.41 Å². The first-order valence-electron chi connectivity index (χ1n) is 10.2. The molecule has 0 amide bonds. The minimum atomic E-state index is -0.0635. The van der Waals surface area contributed by atoms with Gasteiger partial charge in [0.1, 0.15) is 0 Å². The molecule has 0 radical (unpaired) electrons. The van der Waals surface area contributed by atoms with Crippen molar-refractivity contribution in [2.24, 2.45) is 5.92 Å². The normalized spacial score (nSPS) is 29.4. The number of halogens is 1. The Morgan fingerprint density at radius 1 is 1.14 bits per heavy atom. The van der Waals surface area contributed by atoms with Gasteiger partial charge in [0, 0.05) is 62.9 Å². The molecule has 0 bridgehead atoms. The molecule has 4 heterocycles. The van der Waals surface area contributed by atoms with Crippen LogP contribution in [0, 0.1) is 12.8 Å². The van der Waals surface area contributed by atoms with Gasteiger partial charge in [-0.1, -0.05) is 28.9 Å². The molecule has 5 rings (SSSR count). The maximum atomic E-state index is 6.04. The topological polar surface area (TPSA) is 54.6 Å². The van der Waals surface area contributed by atoms with E-state index in [1.165, 1.54) is 5.56 Å². The summed E-state index contributed by atoms with van der Waals surface area (Å²) < 4.78 is 11.3. The van der Waals surface area contributed by atoms with Crippen LogP contribution < -0.4 is 0 Å². The van der Waals surface area contributed by atoms with Gasteiger partial charge >= 0.3 is 0 Å². The summed E-state index contributed by atoms with van der Waals surface area (Å²) in [4.78, 5) is 9.88. The minimum Gasteiger partial charge on any atom is -0.381 e. The van der Waals surface area contributed by atoms with Gasteiger partial charge in [-0.15, -0.1) is 0 Å². The zero-order valence-corrected chi connectivity index (χ0v) is 17.1. The zero-order valence-electron chi connectivity index (χ0n) is 16.3. The van der Waals surface area contributed by atoms with Crippen LogP contribution in [-0.2, 0) is 16.7 Å². The van der Waals surface area contributed by atoms with Gasteiger partial charge in [0.25, 0.3) is 0 Å². The van der Waals surface area contributed by atoms with Crippen LogP contribution in [0.25, 0.3) is 0 Å². The third-order valence-corrected chi connectivity index (χ3v) is 6.94. The van der Waals surface area contributed by atoms with Crippen molar-refractivity contribution >= 4 is 11.6 Å². The number of nitrogens with zero attached hydrogens (tertiary/aromatic N) is 4. The second-order valence-electron chi connectivity index (χ2n) is 8.57. The Bertz CT molecular complexity index is 820. The number of likely N-dealkylation sites (tertiary alicyclic amines) is 2. The number of hydrogen-bond acceptors (Lipinski definition) is 6. The summed E-state index contributed by atoms with van der Waals surface area (Å²) in [7, 11) is 0. The van der Waals surface area contributed by atoms with Gasteiger partial charge in [0.05, 0.1) is 5.41 Å². The molecule has 3 fully saturated rings. The van der Waals surface area contributed by atoms with E-state index in [4.69, 9.17) is 20.9 Å². The molecule has 0 aliphatic carbocycles. The molecule has 0 N–H and O–H groups in total. The van der Waals surface area contributed by atoms with Crippen molar-refractivity contribution in [3.8, 4) is 0 Å². The van der Waals surface area contributed by atoms with Crippen molar-refractivity contribution < 1.29 is 9.26 Å². The van der Waals surface area contributed by atoms with Gasteiger partial charge < -0.3 is 9.26 Å². The first-order valence-corrected chi connectivity index (χ1v) is 10.6. The smallest absolute Gasteiger partial charge is 0.235 e. The largest absolute Gasteiger partial charge is 0.381 e. The predicted molar refractivity (Wildman–Crippen MR) is 106 cm³/mol. The van der Waals surface area contributed by atoms with Crippen molar-refractivity contribution in [3.05, 3.63) is 46.6 Å². The lowest BCUT2D eigenvalue weighted by molar-refractivity contribution is 0.0371. The fourth-order valence-electron chi connectivity index (χ4n) is 5.31. The lowest BCUT2D eigenvalue weighted by Crippen LogP contribution is -2.43. The molecule has 0 spiro atoms. The number of aryl methyl sites for hydroxylation is 1. The SMILES string of the molecule is Cc1noc([C@]23CN(Cc4ccc(Cl)cc4)C[C@H]2CN(C2CCOCC2)C3)n1. The standard InChI is InChI=1S/C21H27ClN4O2/c1-15-23-20(28-24-15)21-13-25(10-16-2-4-18(22)5-3-16)11-17(21)12-26(14-21)19-6-8-27-9-7-19/h2-5,17,19H,6-14H2,1H3/t17-,21-/m0/s1. The second kappa shape index (κ2) is 7.41. The highest BCUT2D eigenvalue weighted by Gasteiger charge is 2.57. The maximum Gasteiger partial charge on any atom is 0.235 e. The van der Waals surface area contributed by atoms with Crippen LogP contribution in [0.4, 0.5) is 0 Å². The Morgan fingerprint density at radius 2 is 1.93 bits per heavy atom. The highest BCUT2D eigenvalue weighted by atomic mass is 35.5. The first kappa shape index (κ1) is 18.6. The average molecular weight is 403 g/mol. The average Bonchev–Trinajstić information content (AvgIpc) is 3.37. The quantitative estimate of drug-likeness (QED) is 0.783. The number of hydrogen-bond donors (Lipinski definition) is 0. The highest BCUT2D eigenvalue weighted by Crippen LogP contribution is 2.46. The van der Waals surface area contributed by atoms with E-state index in [9.17, 15) is 0 Å². The fraction of sp³-hybridized carbons (Fsp3) is 0.619. The highest BCUT2D eigenvalue weighted by molar-refractivity contribution is 6.30. The van der Waals surface area contributed by atoms with E-state index in [0.717, 1.165) is 75.5 Å². The molecule has 3 saturated heterocycles. The van der Waals surface area contributed by atoms with Crippen molar-refractivity contribution in [2.45, 2.75) is 37.8 Å². The molecule has 150 valence electrons. The molecule has 1 aromatic heterocycles. The zero-order chi connectivity index (χ0) is 19.1. The Hall–Kier alpha value is -1.47. The number of fused-ring (bicyclic) bond motifs is 1. The summed E-state index contributed by atoms with van der Waals surface area (Å²) in [5, 5.41) is 4.90.